The first kappa shape index (κ1) is 22.8. The lowest BCUT2D eigenvalue weighted by Crippen LogP contribution is -2.36. The Bertz CT molecular complexity index is 953. The van der Waals surface area contributed by atoms with Crippen LogP contribution in [-0.4, -0.2) is 56.3 Å². The highest BCUT2D eigenvalue weighted by Crippen LogP contribution is 2.27. The summed E-state index contributed by atoms with van der Waals surface area (Å²) in [6.07, 6.45) is 3.87. The molecule has 0 spiro atoms. The van der Waals surface area contributed by atoms with Gasteiger partial charge in [-0.25, -0.2) is 8.42 Å². The molecule has 1 aliphatic heterocycles. The van der Waals surface area contributed by atoms with E-state index >= 15 is 0 Å². The molecule has 1 fully saturated rings. The Labute approximate surface area is 183 Å². The molecular weight excluding hydrogens is 426 g/mol. The van der Waals surface area contributed by atoms with E-state index in [1.54, 1.807) is 20.1 Å². The highest BCUT2D eigenvalue weighted by atomic mass is 35.5. The SMILES string of the molecule is CCN(CC)S(=O)(=O)c1cc(C(=O)NC[C@@H](c2ccco2)N2CCCC2)ccc1Cl. The molecule has 9 heteroatoms. The molecule has 2 aromatic rings. The second-order valence-corrected chi connectivity index (χ2v) is 9.53. The van der Waals surface area contributed by atoms with Gasteiger partial charge in [-0.3, -0.25) is 9.69 Å². The van der Waals surface area contributed by atoms with Crippen LogP contribution in [0, 0.1) is 0 Å². The first-order valence-corrected chi connectivity index (χ1v) is 12.1. The van der Waals surface area contributed by atoms with Crippen LogP contribution >= 0.6 is 11.6 Å². The van der Waals surface area contributed by atoms with Crippen LogP contribution in [0.1, 0.15) is 48.8 Å². The Kier molecular flexibility index (Phi) is 7.57. The van der Waals surface area contributed by atoms with Crippen molar-refractivity contribution in [1.82, 2.24) is 14.5 Å². The van der Waals surface area contributed by atoms with E-state index in [9.17, 15) is 13.2 Å². The summed E-state index contributed by atoms with van der Waals surface area (Å²) < 4.78 is 32.6. The summed E-state index contributed by atoms with van der Waals surface area (Å²) in [6.45, 7) is 6.45. The quantitative estimate of drug-likeness (QED) is 0.628. The molecule has 1 aromatic heterocycles. The Morgan fingerprint density at radius 1 is 1.23 bits per heavy atom. The molecule has 1 atom stereocenters. The molecule has 3 rings (SSSR count). The minimum absolute atomic E-state index is 0.0531. The highest BCUT2D eigenvalue weighted by Gasteiger charge is 2.28. The number of likely N-dealkylation sites (tertiary alicyclic amines) is 1. The lowest BCUT2D eigenvalue weighted by Gasteiger charge is -2.26. The average molecular weight is 454 g/mol. The van der Waals surface area contributed by atoms with Crippen molar-refractivity contribution in [2.24, 2.45) is 0 Å². The van der Waals surface area contributed by atoms with E-state index in [0.717, 1.165) is 31.7 Å². The summed E-state index contributed by atoms with van der Waals surface area (Å²) >= 11 is 6.17. The summed E-state index contributed by atoms with van der Waals surface area (Å²) in [5.41, 5.74) is 0.254. The van der Waals surface area contributed by atoms with Gasteiger partial charge in [0.25, 0.3) is 5.91 Å². The van der Waals surface area contributed by atoms with Gasteiger partial charge in [0.1, 0.15) is 10.7 Å². The van der Waals surface area contributed by atoms with Gasteiger partial charge in [0.2, 0.25) is 10.0 Å². The predicted octanol–water partition coefficient (Wildman–Crippen LogP) is 3.53. The lowest BCUT2D eigenvalue weighted by atomic mass is 10.1. The maximum absolute atomic E-state index is 12.9. The van der Waals surface area contributed by atoms with Crippen molar-refractivity contribution in [2.75, 3.05) is 32.7 Å². The average Bonchev–Trinajstić information content (AvgIpc) is 3.44. The first-order chi connectivity index (χ1) is 14.4. The maximum atomic E-state index is 12.9. The fourth-order valence-electron chi connectivity index (χ4n) is 3.78. The van der Waals surface area contributed by atoms with Crippen molar-refractivity contribution in [3.63, 3.8) is 0 Å². The smallest absolute Gasteiger partial charge is 0.251 e. The molecule has 0 bridgehead atoms. The van der Waals surface area contributed by atoms with Gasteiger partial charge in [0, 0.05) is 25.2 Å². The van der Waals surface area contributed by atoms with Crippen LogP contribution in [0.4, 0.5) is 0 Å². The summed E-state index contributed by atoms with van der Waals surface area (Å²) in [4.78, 5) is 15.1. The minimum atomic E-state index is -3.77. The topological polar surface area (TPSA) is 82.9 Å². The number of halogens is 1. The fourth-order valence-corrected chi connectivity index (χ4v) is 5.74. The molecule has 0 radical (unpaired) electrons. The largest absolute Gasteiger partial charge is 0.468 e. The second-order valence-electron chi connectivity index (χ2n) is 7.22. The molecule has 0 unspecified atom stereocenters. The minimum Gasteiger partial charge on any atom is -0.468 e. The number of rotatable bonds is 9. The monoisotopic (exact) mass is 453 g/mol. The molecule has 1 aromatic carbocycles. The number of furan rings is 1. The van der Waals surface area contributed by atoms with E-state index in [1.807, 2.05) is 12.1 Å². The number of carbonyl (C=O) groups is 1. The van der Waals surface area contributed by atoms with E-state index < -0.39 is 10.0 Å². The number of sulfonamides is 1. The van der Waals surface area contributed by atoms with Crippen LogP contribution in [-0.2, 0) is 10.0 Å². The molecule has 2 heterocycles. The van der Waals surface area contributed by atoms with Crippen molar-refractivity contribution < 1.29 is 17.6 Å². The number of benzene rings is 1. The zero-order valence-corrected chi connectivity index (χ0v) is 18.9. The van der Waals surface area contributed by atoms with Crippen molar-refractivity contribution in [1.29, 1.82) is 0 Å². The van der Waals surface area contributed by atoms with Crippen LogP contribution in [0.3, 0.4) is 0 Å². The normalized spacial score (nSPS) is 16.1. The third-order valence-corrected chi connectivity index (χ3v) is 7.96. The molecule has 7 nitrogen and oxygen atoms in total. The van der Waals surface area contributed by atoms with Gasteiger partial charge >= 0.3 is 0 Å². The number of hydrogen-bond donors (Lipinski definition) is 1. The molecule has 1 aliphatic rings. The van der Waals surface area contributed by atoms with Crippen LogP contribution in [0.2, 0.25) is 5.02 Å². The zero-order valence-electron chi connectivity index (χ0n) is 17.3. The van der Waals surface area contributed by atoms with Crippen molar-refractivity contribution >= 4 is 27.5 Å². The molecule has 1 N–H and O–H groups in total. The van der Waals surface area contributed by atoms with Gasteiger partial charge in [0.15, 0.2) is 0 Å². The number of carbonyl (C=O) groups excluding carboxylic acids is 1. The first-order valence-electron chi connectivity index (χ1n) is 10.2. The van der Waals surface area contributed by atoms with Crippen LogP contribution < -0.4 is 5.32 Å². The summed E-state index contributed by atoms with van der Waals surface area (Å²) in [5, 5.41) is 3.03. The molecule has 0 saturated carbocycles. The number of hydrogen-bond acceptors (Lipinski definition) is 5. The van der Waals surface area contributed by atoms with Gasteiger partial charge in [-0.2, -0.15) is 4.31 Å². The lowest BCUT2D eigenvalue weighted by molar-refractivity contribution is 0.0933. The van der Waals surface area contributed by atoms with Gasteiger partial charge < -0.3 is 9.73 Å². The summed E-state index contributed by atoms with van der Waals surface area (Å²) in [6, 6.07) is 8.03. The molecule has 1 saturated heterocycles. The zero-order chi connectivity index (χ0) is 21.7. The maximum Gasteiger partial charge on any atom is 0.251 e. The predicted molar refractivity (Wildman–Crippen MR) is 116 cm³/mol. The Morgan fingerprint density at radius 3 is 2.53 bits per heavy atom. The van der Waals surface area contributed by atoms with Crippen molar-refractivity contribution in [3.05, 3.63) is 52.9 Å². The van der Waals surface area contributed by atoms with Crippen molar-refractivity contribution in [2.45, 2.75) is 37.6 Å². The number of nitrogens with zero attached hydrogens (tertiary/aromatic N) is 2. The van der Waals surface area contributed by atoms with Crippen LogP contribution in [0.25, 0.3) is 0 Å². The fraction of sp³-hybridized carbons (Fsp3) is 0.476. The van der Waals surface area contributed by atoms with Gasteiger partial charge in [-0.1, -0.05) is 25.4 Å². The van der Waals surface area contributed by atoms with Gasteiger partial charge in [-0.15, -0.1) is 0 Å². The van der Waals surface area contributed by atoms with E-state index in [1.165, 1.54) is 22.5 Å². The number of nitrogens with one attached hydrogen (secondary N) is 1. The standard InChI is InChI=1S/C21H28ClN3O4S/c1-3-25(4-2)30(27,28)20-14-16(9-10-17(20)22)21(26)23-15-18(19-8-7-13-29-19)24-11-5-6-12-24/h7-10,13-14,18H,3-6,11-12,15H2,1-2H3,(H,23,26)/t18-/m0/s1. The highest BCUT2D eigenvalue weighted by molar-refractivity contribution is 7.89. The third-order valence-electron chi connectivity index (χ3n) is 5.43. The molecule has 30 heavy (non-hydrogen) atoms. The molecule has 1 amide bonds. The molecular formula is C21H28ClN3O4S. The third kappa shape index (κ3) is 4.88. The van der Waals surface area contributed by atoms with Crippen LogP contribution in [0.5, 0.6) is 0 Å². The van der Waals surface area contributed by atoms with Gasteiger partial charge in [-0.05, 0) is 56.3 Å². The van der Waals surface area contributed by atoms with E-state index in [4.69, 9.17) is 16.0 Å². The number of amides is 1. The Balaban J connectivity index is 1.78. The molecule has 0 aliphatic carbocycles. The van der Waals surface area contributed by atoms with E-state index in [-0.39, 0.29) is 27.4 Å². The Hall–Kier alpha value is -1.87. The van der Waals surface area contributed by atoms with Crippen molar-refractivity contribution in [3.8, 4) is 0 Å². The second kappa shape index (κ2) is 9.96. The van der Waals surface area contributed by atoms with Crippen LogP contribution in [0.15, 0.2) is 45.9 Å². The van der Waals surface area contributed by atoms with E-state index in [2.05, 4.69) is 10.2 Å². The molecule has 164 valence electrons. The summed E-state index contributed by atoms with van der Waals surface area (Å²) in [5.74, 6) is 0.455. The Morgan fingerprint density at radius 2 is 1.93 bits per heavy atom. The summed E-state index contributed by atoms with van der Waals surface area (Å²) in [7, 11) is -3.77. The van der Waals surface area contributed by atoms with Gasteiger partial charge in [0.05, 0.1) is 17.3 Å². The van der Waals surface area contributed by atoms with E-state index in [0.29, 0.717) is 19.6 Å².